The van der Waals surface area contributed by atoms with Crippen LogP contribution in [-0.2, 0) is 6.42 Å². The molecule has 0 amide bonds. The minimum atomic E-state index is -3.53. The summed E-state index contributed by atoms with van der Waals surface area (Å²) < 4.78 is 75.2. The van der Waals surface area contributed by atoms with E-state index < -0.39 is 60.3 Å². The fourth-order valence-electron chi connectivity index (χ4n) is 6.10. The molecule has 0 radical (unpaired) electrons. The predicted molar refractivity (Wildman–Crippen MR) is 138 cm³/mol. The molecule has 2 aliphatic rings. The largest absolute Gasteiger partial charge is 0.390 e. The Morgan fingerprint density at radius 1 is 1.10 bits per heavy atom. The molecular weight excluding hydrogens is 517 g/mol. The maximum atomic E-state index is 15.8. The van der Waals surface area contributed by atoms with Gasteiger partial charge in [-0.05, 0) is 55.6 Å². The fourth-order valence-corrected chi connectivity index (χ4v) is 6.10. The first-order valence-electron chi connectivity index (χ1n) is 13.5. The lowest BCUT2D eigenvalue weighted by Crippen LogP contribution is -2.50. The molecule has 0 unspecified atom stereocenters. The molecule has 3 aromatic rings. The molecule has 1 saturated heterocycles. The third-order valence-corrected chi connectivity index (χ3v) is 8.22. The number of rotatable bonds is 9. The Balaban J connectivity index is 1.55. The van der Waals surface area contributed by atoms with Crippen LogP contribution in [0.3, 0.4) is 0 Å². The highest BCUT2D eigenvalue weighted by molar-refractivity contribution is 5.86. The van der Waals surface area contributed by atoms with Crippen molar-refractivity contribution in [2.75, 3.05) is 32.8 Å². The van der Waals surface area contributed by atoms with E-state index in [4.69, 9.17) is 0 Å². The first kappa shape index (κ1) is 28.0. The van der Waals surface area contributed by atoms with Gasteiger partial charge in [0.25, 0.3) is 5.92 Å². The first-order valence-corrected chi connectivity index (χ1v) is 13.5. The summed E-state index contributed by atoms with van der Waals surface area (Å²) in [4.78, 5) is 6.35. The molecule has 5 rings (SSSR count). The number of aromatic amines is 1. The van der Waals surface area contributed by atoms with Crippen LogP contribution in [0.25, 0.3) is 10.9 Å². The highest BCUT2D eigenvalue weighted by Gasteiger charge is 2.44. The average Bonchev–Trinajstić information content (AvgIpc) is 3.23. The molecule has 2 aliphatic heterocycles. The standard InChI is InChI=1S/C29H34F5N3O2/c1-3-4-8-36-12-18(13-36)28(39)17-10-22(31)24(23(32)11-17)27-26-20(19-6-5-7-21(30)25(19)35-26)9-16(2)37(27)14-29(33,34)15-38/h5-7,10-11,16,18,27-28,35,38-39H,3-4,8-9,12-15H2,1-2H3/t16-,27-,28-/m0/s1. The number of hydrogen-bond acceptors (Lipinski definition) is 4. The van der Waals surface area contributed by atoms with Crippen molar-refractivity contribution in [1.82, 2.24) is 14.8 Å². The van der Waals surface area contributed by atoms with Crippen LogP contribution in [-0.4, -0.2) is 69.7 Å². The molecule has 39 heavy (non-hydrogen) atoms. The molecule has 3 N–H and O–H groups in total. The minimum Gasteiger partial charge on any atom is -0.390 e. The molecule has 10 heteroatoms. The van der Waals surface area contributed by atoms with E-state index in [0.717, 1.165) is 31.5 Å². The number of aromatic nitrogens is 1. The summed E-state index contributed by atoms with van der Waals surface area (Å²) in [6, 6.07) is 4.68. The summed E-state index contributed by atoms with van der Waals surface area (Å²) in [6.07, 6.45) is 1.26. The van der Waals surface area contributed by atoms with Crippen LogP contribution in [0.15, 0.2) is 30.3 Å². The van der Waals surface area contributed by atoms with Crippen LogP contribution in [0.4, 0.5) is 22.0 Å². The van der Waals surface area contributed by atoms with Gasteiger partial charge < -0.3 is 20.1 Å². The lowest BCUT2D eigenvalue weighted by atomic mass is 9.85. The van der Waals surface area contributed by atoms with Crippen molar-refractivity contribution >= 4 is 10.9 Å². The van der Waals surface area contributed by atoms with E-state index in [-0.39, 0.29) is 29.1 Å². The lowest BCUT2D eigenvalue weighted by molar-refractivity contribution is -0.0869. The van der Waals surface area contributed by atoms with Crippen molar-refractivity contribution < 1.29 is 32.2 Å². The summed E-state index contributed by atoms with van der Waals surface area (Å²) in [6.45, 7) is 3.53. The predicted octanol–water partition coefficient (Wildman–Crippen LogP) is 5.31. The normalized spacial score (nSPS) is 21.8. The van der Waals surface area contributed by atoms with Gasteiger partial charge in [0.1, 0.15) is 24.1 Å². The number of fused-ring (bicyclic) bond motifs is 3. The van der Waals surface area contributed by atoms with Gasteiger partial charge in [0.2, 0.25) is 0 Å². The van der Waals surface area contributed by atoms with Crippen LogP contribution in [0.5, 0.6) is 0 Å². The number of para-hydroxylation sites is 1. The summed E-state index contributed by atoms with van der Waals surface area (Å²) in [7, 11) is 0. The summed E-state index contributed by atoms with van der Waals surface area (Å²) in [5.41, 5.74) is 0.611. The van der Waals surface area contributed by atoms with Gasteiger partial charge in [0.15, 0.2) is 0 Å². The number of unbranched alkanes of at least 4 members (excludes halogenated alkanes) is 1. The molecular formula is C29H34F5N3O2. The van der Waals surface area contributed by atoms with Gasteiger partial charge in [-0.15, -0.1) is 0 Å². The maximum absolute atomic E-state index is 15.8. The van der Waals surface area contributed by atoms with Crippen LogP contribution in [0.2, 0.25) is 0 Å². The van der Waals surface area contributed by atoms with E-state index in [1.165, 1.54) is 17.0 Å². The summed E-state index contributed by atoms with van der Waals surface area (Å²) in [5.74, 6) is -6.21. The molecule has 1 aromatic heterocycles. The van der Waals surface area contributed by atoms with Gasteiger partial charge in [0.05, 0.1) is 24.2 Å². The number of H-pyrrole nitrogens is 1. The topological polar surface area (TPSA) is 62.7 Å². The SMILES string of the molecule is CCCCN1CC([C@@H](O)c2cc(F)c([C@H]3c4[nH]c5c(F)cccc5c4C[C@H](C)N3CC(F)(F)CO)c(F)c2)C1. The average molecular weight is 552 g/mol. The number of likely N-dealkylation sites (tertiary alicyclic amines) is 1. The summed E-state index contributed by atoms with van der Waals surface area (Å²) >= 11 is 0. The Bertz CT molecular complexity index is 1320. The van der Waals surface area contributed by atoms with Gasteiger partial charge in [-0.25, -0.2) is 22.0 Å². The van der Waals surface area contributed by atoms with Crippen molar-refractivity contribution in [2.45, 2.75) is 57.2 Å². The molecule has 2 aromatic carbocycles. The van der Waals surface area contributed by atoms with Crippen molar-refractivity contribution in [2.24, 2.45) is 5.92 Å². The molecule has 212 valence electrons. The monoisotopic (exact) mass is 551 g/mol. The van der Waals surface area contributed by atoms with Crippen molar-refractivity contribution in [1.29, 1.82) is 0 Å². The van der Waals surface area contributed by atoms with E-state index in [2.05, 4.69) is 16.8 Å². The Labute approximate surface area is 224 Å². The zero-order chi connectivity index (χ0) is 28.1. The van der Waals surface area contributed by atoms with Gasteiger partial charge in [-0.3, -0.25) is 4.90 Å². The van der Waals surface area contributed by atoms with Gasteiger partial charge in [-0.2, -0.15) is 0 Å². The Morgan fingerprint density at radius 3 is 2.44 bits per heavy atom. The first-order chi connectivity index (χ1) is 18.5. The van der Waals surface area contributed by atoms with E-state index in [9.17, 15) is 23.4 Å². The second-order valence-corrected chi connectivity index (χ2v) is 11.0. The second kappa shape index (κ2) is 10.8. The zero-order valence-electron chi connectivity index (χ0n) is 22.0. The Hall–Kier alpha value is -2.53. The second-order valence-electron chi connectivity index (χ2n) is 11.0. The number of nitrogens with one attached hydrogen (secondary N) is 1. The molecule has 3 heterocycles. The van der Waals surface area contributed by atoms with Crippen LogP contribution < -0.4 is 0 Å². The molecule has 0 aliphatic carbocycles. The molecule has 0 spiro atoms. The Kier molecular flexibility index (Phi) is 7.76. The smallest absolute Gasteiger partial charge is 0.283 e. The van der Waals surface area contributed by atoms with Crippen molar-refractivity contribution in [3.8, 4) is 0 Å². The number of nitrogens with zero attached hydrogens (tertiary/aromatic N) is 2. The number of alkyl halides is 2. The zero-order valence-corrected chi connectivity index (χ0v) is 22.0. The van der Waals surface area contributed by atoms with Crippen molar-refractivity contribution in [3.63, 3.8) is 0 Å². The quantitative estimate of drug-likeness (QED) is 0.316. The molecule has 3 atom stereocenters. The van der Waals surface area contributed by atoms with Gasteiger partial charge >= 0.3 is 0 Å². The van der Waals surface area contributed by atoms with E-state index in [0.29, 0.717) is 24.0 Å². The molecule has 1 fully saturated rings. The van der Waals surface area contributed by atoms with Crippen LogP contribution >= 0.6 is 0 Å². The fraction of sp³-hybridized carbons (Fsp3) is 0.517. The van der Waals surface area contributed by atoms with E-state index in [1.54, 1.807) is 13.0 Å². The number of halogens is 5. The van der Waals surface area contributed by atoms with Gasteiger partial charge in [0, 0.05) is 41.7 Å². The Morgan fingerprint density at radius 2 is 1.79 bits per heavy atom. The minimum absolute atomic E-state index is 0.0907. The summed E-state index contributed by atoms with van der Waals surface area (Å²) in [5, 5.41) is 20.6. The highest BCUT2D eigenvalue weighted by atomic mass is 19.3. The third kappa shape index (κ3) is 5.19. The highest BCUT2D eigenvalue weighted by Crippen LogP contribution is 2.44. The molecule has 0 saturated carbocycles. The number of hydrogen-bond donors (Lipinski definition) is 3. The molecule has 0 bridgehead atoms. The van der Waals surface area contributed by atoms with Crippen LogP contribution in [0, 0.1) is 23.4 Å². The third-order valence-electron chi connectivity index (χ3n) is 8.22. The van der Waals surface area contributed by atoms with E-state index >= 15 is 8.78 Å². The van der Waals surface area contributed by atoms with Crippen molar-refractivity contribution in [3.05, 3.63) is 70.2 Å². The molecule has 5 nitrogen and oxygen atoms in total. The number of aliphatic hydroxyl groups excluding tert-OH is 2. The maximum Gasteiger partial charge on any atom is 0.283 e. The van der Waals surface area contributed by atoms with Crippen LogP contribution in [0.1, 0.15) is 61.2 Å². The number of aliphatic hydroxyl groups is 2. The van der Waals surface area contributed by atoms with E-state index in [1.807, 2.05) is 0 Å². The van der Waals surface area contributed by atoms with Gasteiger partial charge in [-0.1, -0.05) is 25.5 Å². The number of benzene rings is 2. The lowest BCUT2D eigenvalue weighted by Gasteiger charge is -2.43.